The molecule has 0 atom stereocenters. The van der Waals surface area contributed by atoms with Gasteiger partial charge in [-0.15, -0.1) is 0 Å². The largest absolute Gasteiger partial charge is 0.193 e. The number of rotatable bonds is 1. The number of hydrogen-bond acceptors (Lipinski definition) is 4. The fraction of sp³-hybridized carbons (Fsp3) is 0.200. The molecule has 0 aromatic rings. The van der Waals surface area contributed by atoms with Crippen LogP contribution in [0.3, 0.4) is 0 Å². The molecule has 0 N–H and O–H groups in total. The summed E-state index contributed by atoms with van der Waals surface area (Å²) in [4.78, 5) is 0. The third-order valence-corrected chi connectivity index (χ3v) is 1.18. The smallest absolute Gasteiger partial charge is 0.0975 e. The molecule has 0 spiro atoms. The first-order chi connectivity index (χ1) is 4.22. The van der Waals surface area contributed by atoms with Crippen LogP contribution in [0.1, 0.15) is 0 Å². The van der Waals surface area contributed by atoms with E-state index in [-0.39, 0.29) is 5.57 Å². The standard InChI is InChI=1S/C5H4N2S2/c6-2-1-4(3-7)5(8)9/h1,5,8-9H/b4-1+. The molecule has 0 aromatic heterocycles. The molecule has 0 unspecified atom stereocenters. The van der Waals surface area contributed by atoms with E-state index >= 15 is 0 Å². The Morgan fingerprint density at radius 2 is 2.00 bits per heavy atom. The Hall–Kier alpha value is -0.580. The quantitative estimate of drug-likeness (QED) is 0.340. The first kappa shape index (κ1) is 8.42. The lowest BCUT2D eigenvalue weighted by atomic mass is 10.3. The van der Waals surface area contributed by atoms with E-state index in [4.69, 9.17) is 10.5 Å². The van der Waals surface area contributed by atoms with Crippen LogP contribution in [-0.2, 0) is 0 Å². The van der Waals surface area contributed by atoms with E-state index in [1.54, 1.807) is 12.1 Å². The summed E-state index contributed by atoms with van der Waals surface area (Å²) in [5.74, 6) is 0. The molecule has 0 saturated heterocycles. The second kappa shape index (κ2) is 4.31. The molecule has 0 aliphatic heterocycles. The van der Waals surface area contributed by atoms with Crippen LogP contribution in [0.5, 0.6) is 0 Å². The van der Waals surface area contributed by atoms with Crippen molar-refractivity contribution in [2.24, 2.45) is 0 Å². The Morgan fingerprint density at radius 1 is 1.44 bits per heavy atom. The van der Waals surface area contributed by atoms with Crippen molar-refractivity contribution >= 4 is 25.3 Å². The van der Waals surface area contributed by atoms with Gasteiger partial charge in [0.25, 0.3) is 0 Å². The SMILES string of the molecule is N#C/C=C(\C#N)C(S)S. The molecule has 2 nitrogen and oxygen atoms in total. The lowest BCUT2D eigenvalue weighted by Gasteiger charge is -1.94. The number of hydrogen-bond donors (Lipinski definition) is 2. The Bertz CT molecular complexity index is 194. The number of allylic oxidation sites excluding steroid dienone is 1. The van der Waals surface area contributed by atoms with Gasteiger partial charge in [-0.3, -0.25) is 0 Å². The highest BCUT2D eigenvalue weighted by Crippen LogP contribution is 2.10. The summed E-state index contributed by atoms with van der Waals surface area (Å²) in [6, 6.07) is 3.51. The molecule has 0 saturated carbocycles. The van der Waals surface area contributed by atoms with Crippen molar-refractivity contribution in [3.8, 4) is 12.1 Å². The summed E-state index contributed by atoms with van der Waals surface area (Å²) >= 11 is 7.66. The summed E-state index contributed by atoms with van der Waals surface area (Å²) in [6.45, 7) is 0. The van der Waals surface area contributed by atoms with Crippen LogP contribution < -0.4 is 0 Å². The molecule has 0 aliphatic carbocycles. The predicted molar refractivity (Wildman–Crippen MR) is 41.1 cm³/mol. The van der Waals surface area contributed by atoms with Gasteiger partial charge in [0.2, 0.25) is 0 Å². The van der Waals surface area contributed by atoms with E-state index in [0.29, 0.717) is 0 Å². The van der Waals surface area contributed by atoms with Gasteiger partial charge in [-0.1, -0.05) is 0 Å². The van der Waals surface area contributed by atoms with Crippen molar-refractivity contribution in [2.45, 2.75) is 4.58 Å². The first-order valence-corrected chi connectivity index (χ1v) is 3.11. The van der Waals surface area contributed by atoms with E-state index in [2.05, 4.69) is 25.3 Å². The second-order valence-corrected chi connectivity index (χ2v) is 2.65. The van der Waals surface area contributed by atoms with Gasteiger partial charge in [0.05, 0.1) is 22.3 Å². The predicted octanol–water partition coefficient (Wildman–Crippen LogP) is 1.15. The molecule has 0 fully saturated rings. The van der Waals surface area contributed by atoms with Gasteiger partial charge in [-0.25, -0.2) is 0 Å². The summed E-state index contributed by atoms with van der Waals surface area (Å²) in [5, 5.41) is 16.3. The van der Waals surface area contributed by atoms with Crippen LogP contribution in [-0.4, -0.2) is 4.58 Å². The van der Waals surface area contributed by atoms with E-state index in [9.17, 15) is 0 Å². The minimum absolute atomic E-state index is 0.268. The summed E-state index contributed by atoms with van der Waals surface area (Å²) in [5.41, 5.74) is 0.268. The van der Waals surface area contributed by atoms with Crippen LogP contribution in [0.25, 0.3) is 0 Å². The third-order valence-electron chi connectivity index (χ3n) is 0.627. The van der Waals surface area contributed by atoms with Gasteiger partial charge >= 0.3 is 0 Å². The number of thiol groups is 2. The molecular formula is C5H4N2S2. The minimum atomic E-state index is -0.449. The van der Waals surface area contributed by atoms with Crippen molar-refractivity contribution in [1.82, 2.24) is 0 Å². The summed E-state index contributed by atoms with van der Waals surface area (Å²) in [6.07, 6.45) is 1.13. The maximum absolute atomic E-state index is 8.26. The average molecular weight is 156 g/mol. The molecule has 4 heteroatoms. The van der Waals surface area contributed by atoms with Crippen LogP contribution in [0.4, 0.5) is 0 Å². The van der Waals surface area contributed by atoms with E-state index in [0.717, 1.165) is 6.08 Å². The van der Waals surface area contributed by atoms with Crippen LogP contribution in [0.2, 0.25) is 0 Å². The Kier molecular flexibility index (Phi) is 4.04. The Morgan fingerprint density at radius 3 is 2.11 bits per heavy atom. The molecule has 0 rings (SSSR count). The lowest BCUT2D eigenvalue weighted by molar-refractivity contribution is 1.42. The molecule has 46 valence electrons. The average Bonchev–Trinajstić information content (AvgIpc) is 1.82. The van der Waals surface area contributed by atoms with Gasteiger partial charge in [0.15, 0.2) is 0 Å². The maximum Gasteiger partial charge on any atom is 0.0975 e. The number of nitriles is 2. The van der Waals surface area contributed by atoms with Crippen molar-refractivity contribution in [3.05, 3.63) is 11.6 Å². The summed E-state index contributed by atoms with van der Waals surface area (Å²) in [7, 11) is 0. The zero-order chi connectivity index (χ0) is 7.28. The normalized spacial score (nSPS) is 10.6. The maximum atomic E-state index is 8.26. The minimum Gasteiger partial charge on any atom is -0.193 e. The summed E-state index contributed by atoms with van der Waals surface area (Å²) < 4.78 is -0.449. The molecule has 0 bridgehead atoms. The molecule has 0 radical (unpaired) electrons. The second-order valence-electron chi connectivity index (χ2n) is 1.21. The zero-order valence-electron chi connectivity index (χ0n) is 4.44. The molecule has 9 heavy (non-hydrogen) atoms. The highest BCUT2D eigenvalue weighted by Gasteiger charge is 2.00. The monoisotopic (exact) mass is 156 g/mol. The van der Waals surface area contributed by atoms with Gasteiger partial charge < -0.3 is 0 Å². The molecule has 0 aromatic carbocycles. The van der Waals surface area contributed by atoms with Crippen molar-refractivity contribution in [1.29, 1.82) is 10.5 Å². The fourth-order valence-electron chi connectivity index (χ4n) is 0.234. The first-order valence-electron chi connectivity index (χ1n) is 2.08. The van der Waals surface area contributed by atoms with E-state index in [1.807, 2.05) is 0 Å². The van der Waals surface area contributed by atoms with Gasteiger partial charge in [0, 0.05) is 6.08 Å². The van der Waals surface area contributed by atoms with E-state index < -0.39 is 4.58 Å². The zero-order valence-corrected chi connectivity index (χ0v) is 6.23. The highest BCUT2D eigenvalue weighted by atomic mass is 32.2. The molecular weight excluding hydrogens is 152 g/mol. The van der Waals surface area contributed by atoms with Gasteiger partial charge in [-0.2, -0.15) is 35.8 Å². The van der Waals surface area contributed by atoms with Crippen molar-refractivity contribution in [3.63, 3.8) is 0 Å². The van der Waals surface area contributed by atoms with Crippen LogP contribution >= 0.6 is 25.3 Å². The van der Waals surface area contributed by atoms with Gasteiger partial charge in [0.1, 0.15) is 0 Å². The highest BCUT2D eigenvalue weighted by molar-refractivity contribution is 7.99. The Labute approximate surface area is 64.6 Å². The third kappa shape index (κ3) is 3.07. The molecule has 0 amide bonds. The molecule has 0 aliphatic rings. The number of nitrogens with zero attached hydrogens (tertiary/aromatic N) is 2. The van der Waals surface area contributed by atoms with Crippen LogP contribution in [0, 0.1) is 22.7 Å². The van der Waals surface area contributed by atoms with Crippen molar-refractivity contribution < 1.29 is 0 Å². The topological polar surface area (TPSA) is 47.6 Å². The fourth-order valence-corrected chi connectivity index (χ4v) is 0.499. The van der Waals surface area contributed by atoms with Crippen molar-refractivity contribution in [2.75, 3.05) is 0 Å². The lowest BCUT2D eigenvalue weighted by Crippen LogP contribution is -1.89. The van der Waals surface area contributed by atoms with Gasteiger partial charge in [-0.05, 0) is 0 Å². The Balaban J connectivity index is 4.25. The van der Waals surface area contributed by atoms with Crippen LogP contribution in [0.15, 0.2) is 11.6 Å². The molecule has 0 heterocycles. The van der Waals surface area contributed by atoms with E-state index in [1.165, 1.54) is 0 Å².